The van der Waals surface area contributed by atoms with Crippen LogP contribution in [0.4, 0.5) is 5.13 Å². The fourth-order valence-corrected chi connectivity index (χ4v) is 2.46. The predicted molar refractivity (Wildman–Crippen MR) is 70.4 cm³/mol. The van der Waals surface area contributed by atoms with Crippen molar-refractivity contribution in [3.05, 3.63) is 11.1 Å². The second-order valence-electron chi connectivity index (χ2n) is 4.31. The first-order valence-electron chi connectivity index (χ1n) is 5.85. The predicted octanol–water partition coefficient (Wildman–Crippen LogP) is 2.81. The van der Waals surface area contributed by atoms with Crippen LogP contribution >= 0.6 is 11.3 Å². The Bertz CT molecular complexity index is 299. The molecule has 0 bridgehead atoms. The Hall–Kier alpha value is -0.610. The maximum Gasteiger partial charge on any atom is 0.185 e. The van der Waals surface area contributed by atoms with Gasteiger partial charge in [0.1, 0.15) is 0 Å². The summed E-state index contributed by atoms with van der Waals surface area (Å²) in [6.07, 6.45) is 1.01. The average molecular weight is 242 g/mol. The van der Waals surface area contributed by atoms with Gasteiger partial charge in [0, 0.05) is 25.6 Å². The van der Waals surface area contributed by atoms with Gasteiger partial charge < -0.3 is 9.64 Å². The number of rotatable bonds is 7. The molecule has 0 aromatic carbocycles. The van der Waals surface area contributed by atoms with Gasteiger partial charge in [-0.25, -0.2) is 4.98 Å². The number of hydrogen-bond acceptors (Lipinski definition) is 4. The maximum atomic E-state index is 5.14. The van der Waals surface area contributed by atoms with E-state index < -0.39 is 0 Å². The van der Waals surface area contributed by atoms with Crippen molar-refractivity contribution < 1.29 is 4.74 Å². The first-order chi connectivity index (χ1) is 7.67. The first kappa shape index (κ1) is 13.5. The van der Waals surface area contributed by atoms with Gasteiger partial charge in [-0.05, 0) is 12.3 Å². The summed E-state index contributed by atoms with van der Waals surface area (Å²) >= 11 is 1.73. The lowest BCUT2D eigenvalue weighted by molar-refractivity contribution is 0.204. The van der Waals surface area contributed by atoms with Gasteiger partial charge in [0.2, 0.25) is 0 Å². The molecule has 0 atom stereocenters. The topological polar surface area (TPSA) is 25.4 Å². The molecule has 0 saturated carbocycles. The third kappa shape index (κ3) is 4.10. The molecule has 16 heavy (non-hydrogen) atoms. The van der Waals surface area contributed by atoms with Crippen LogP contribution in [-0.4, -0.2) is 31.8 Å². The van der Waals surface area contributed by atoms with E-state index in [0.29, 0.717) is 5.92 Å². The van der Waals surface area contributed by atoms with Gasteiger partial charge in [-0.3, -0.25) is 0 Å². The third-order valence-corrected chi connectivity index (χ3v) is 3.27. The minimum absolute atomic E-state index is 0.644. The van der Waals surface area contributed by atoms with Gasteiger partial charge >= 0.3 is 0 Å². The van der Waals surface area contributed by atoms with Crippen molar-refractivity contribution in [3.63, 3.8) is 0 Å². The van der Waals surface area contributed by atoms with Crippen LogP contribution in [0.5, 0.6) is 0 Å². The summed E-state index contributed by atoms with van der Waals surface area (Å²) in [4.78, 5) is 6.94. The normalized spacial score (nSPS) is 11.1. The molecule has 1 aromatic heterocycles. The molecule has 0 N–H and O–H groups in total. The second kappa shape index (κ2) is 6.86. The second-order valence-corrected chi connectivity index (χ2v) is 5.14. The van der Waals surface area contributed by atoms with Crippen molar-refractivity contribution in [1.29, 1.82) is 0 Å². The van der Waals surface area contributed by atoms with Gasteiger partial charge in [0.15, 0.2) is 5.13 Å². The Kier molecular flexibility index (Phi) is 5.77. The monoisotopic (exact) mass is 242 g/mol. The maximum absolute atomic E-state index is 5.14. The number of aromatic nitrogens is 1. The number of nitrogens with zero attached hydrogens (tertiary/aromatic N) is 2. The molecule has 0 fully saturated rings. The van der Waals surface area contributed by atoms with E-state index in [0.717, 1.165) is 31.2 Å². The SMILES string of the molecule is CCc1csc(N(CCOC)CC(C)C)n1. The van der Waals surface area contributed by atoms with Crippen LogP contribution in [0.25, 0.3) is 0 Å². The summed E-state index contributed by atoms with van der Waals surface area (Å²) in [5.74, 6) is 0.644. The molecule has 0 aliphatic heterocycles. The van der Waals surface area contributed by atoms with Gasteiger partial charge in [-0.1, -0.05) is 20.8 Å². The van der Waals surface area contributed by atoms with Crippen molar-refractivity contribution in [2.45, 2.75) is 27.2 Å². The van der Waals surface area contributed by atoms with E-state index in [1.165, 1.54) is 5.69 Å². The smallest absolute Gasteiger partial charge is 0.185 e. The van der Waals surface area contributed by atoms with Crippen LogP contribution in [0, 0.1) is 5.92 Å². The number of thiazole rings is 1. The van der Waals surface area contributed by atoms with E-state index in [9.17, 15) is 0 Å². The van der Waals surface area contributed by atoms with Gasteiger partial charge in [-0.2, -0.15) is 0 Å². The largest absolute Gasteiger partial charge is 0.383 e. The van der Waals surface area contributed by atoms with Crippen molar-refractivity contribution in [2.75, 3.05) is 31.7 Å². The molecular weight excluding hydrogens is 220 g/mol. The number of aryl methyl sites for hydroxylation is 1. The molecule has 0 spiro atoms. The average Bonchev–Trinajstić information content (AvgIpc) is 2.72. The molecule has 3 nitrogen and oxygen atoms in total. The molecule has 0 saturated heterocycles. The molecule has 1 heterocycles. The minimum Gasteiger partial charge on any atom is -0.383 e. The van der Waals surface area contributed by atoms with Crippen molar-refractivity contribution in [3.8, 4) is 0 Å². The van der Waals surface area contributed by atoms with Crippen LogP contribution < -0.4 is 4.90 Å². The zero-order chi connectivity index (χ0) is 12.0. The van der Waals surface area contributed by atoms with Crippen LogP contribution in [-0.2, 0) is 11.2 Å². The van der Waals surface area contributed by atoms with Gasteiger partial charge in [0.25, 0.3) is 0 Å². The van der Waals surface area contributed by atoms with Crippen LogP contribution in [0.15, 0.2) is 5.38 Å². The Morgan fingerprint density at radius 1 is 1.50 bits per heavy atom. The molecule has 1 aromatic rings. The zero-order valence-electron chi connectivity index (χ0n) is 10.7. The molecule has 0 unspecified atom stereocenters. The van der Waals surface area contributed by atoms with E-state index in [-0.39, 0.29) is 0 Å². The lowest BCUT2D eigenvalue weighted by Gasteiger charge is -2.23. The molecule has 0 radical (unpaired) electrons. The fraction of sp³-hybridized carbons (Fsp3) is 0.750. The Balaban J connectivity index is 2.66. The summed E-state index contributed by atoms with van der Waals surface area (Å²) in [6, 6.07) is 0. The zero-order valence-corrected chi connectivity index (χ0v) is 11.5. The highest BCUT2D eigenvalue weighted by atomic mass is 32.1. The molecule has 0 aliphatic carbocycles. The van der Waals surface area contributed by atoms with E-state index in [4.69, 9.17) is 4.74 Å². The summed E-state index contributed by atoms with van der Waals surface area (Å²) in [6.45, 7) is 9.32. The molecule has 4 heteroatoms. The van der Waals surface area contributed by atoms with E-state index in [2.05, 4.69) is 36.0 Å². The molecule has 0 aliphatic rings. The third-order valence-electron chi connectivity index (χ3n) is 2.32. The van der Waals surface area contributed by atoms with Crippen molar-refractivity contribution in [2.24, 2.45) is 5.92 Å². The fourth-order valence-electron chi connectivity index (χ4n) is 1.51. The molecular formula is C12H22N2OS. The highest BCUT2D eigenvalue weighted by Crippen LogP contribution is 2.21. The standard InChI is InChI=1S/C12H22N2OS/c1-5-11-9-16-12(13-11)14(6-7-15-4)8-10(2)3/h9-10H,5-8H2,1-4H3. The number of anilines is 1. The van der Waals surface area contributed by atoms with Crippen LogP contribution in [0.1, 0.15) is 26.5 Å². The quantitative estimate of drug-likeness (QED) is 0.735. The highest BCUT2D eigenvalue weighted by molar-refractivity contribution is 7.13. The summed E-state index contributed by atoms with van der Waals surface area (Å²) in [5.41, 5.74) is 1.19. The summed E-state index contributed by atoms with van der Waals surface area (Å²) in [5, 5.41) is 3.28. The molecule has 0 amide bonds. The Morgan fingerprint density at radius 3 is 2.75 bits per heavy atom. The van der Waals surface area contributed by atoms with E-state index >= 15 is 0 Å². The lowest BCUT2D eigenvalue weighted by Crippen LogP contribution is -2.30. The van der Waals surface area contributed by atoms with Crippen LogP contribution in [0.3, 0.4) is 0 Å². The van der Waals surface area contributed by atoms with Crippen LogP contribution in [0.2, 0.25) is 0 Å². The van der Waals surface area contributed by atoms with Crippen molar-refractivity contribution >= 4 is 16.5 Å². The minimum atomic E-state index is 0.644. The van der Waals surface area contributed by atoms with Crippen molar-refractivity contribution in [1.82, 2.24) is 4.98 Å². The van der Waals surface area contributed by atoms with E-state index in [1.54, 1.807) is 18.4 Å². The number of hydrogen-bond donors (Lipinski definition) is 0. The molecule has 92 valence electrons. The highest BCUT2D eigenvalue weighted by Gasteiger charge is 2.11. The van der Waals surface area contributed by atoms with Gasteiger partial charge in [-0.15, -0.1) is 11.3 Å². The van der Waals surface area contributed by atoms with Gasteiger partial charge in [0.05, 0.1) is 12.3 Å². The molecule has 1 rings (SSSR count). The number of methoxy groups -OCH3 is 1. The Labute approximate surface area is 102 Å². The number of ether oxygens (including phenoxy) is 1. The summed E-state index contributed by atoms with van der Waals surface area (Å²) < 4.78 is 5.14. The summed E-state index contributed by atoms with van der Waals surface area (Å²) in [7, 11) is 1.74. The first-order valence-corrected chi connectivity index (χ1v) is 6.73. The lowest BCUT2D eigenvalue weighted by atomic mass is 10.2. The van der Waals surface area contributed by atoms with E-state index in [1.807, 2.05) is 0 Å². The Morgan fingerprint density at radius 2 is 2.25 bits per heavy atom.